The summed E-state index contributed by atoms with van der Waals surface area (Å²) in [5.74, 6) is -0.953. The number of hydrogen-bond donors (Lipinski definition) is 3. The largest absolute Gasteiger partial charge is 0.366 e. The quantitative estimate of drug-likeness (QED) is 0.683. The second kappa shape index (κ2) is 5.09. The van der Waals surface area contributed by atoms with E-state index < -0.39 is 5.91 Å². The highest BCUT2D eigenvalue weighted by molar-refractivity contribution is 6.09. The van der Waals surface area contributed by atoms with Crippen molar-refractivity contribution < 1.29 is 9.59 Å². The zero-order valence-electron chi connectivity index (χ0n) is 11.0. The Morgan fingerprint density at radius 2 is 1.95 bits per heavy atom. The topological polar surface area (TPSA) is 101 Å². The van der Waals surface area contributed by atoms with Crippen LogP contribution in [-0.4, -0.2) is 21.8 Å². The molecule has 0 fully saturated rings. The van der Waals surface area contributed by atoms with Crippen LogP contribution in [0.4, 0.5) is 5.69 Å². The van der Waals surface area contributed by atoms with Crippen LogP contribution in [0.5, 0.6) is 0 Å². The maximum Gasteiger partial charge on any atom is 0.272 e. The van der Waals surface area contributed by atoms with Gasteiger partial charge >= 0.3 is 0 Å². The number of nitrogens with two attached hydrogens (primary N) is 1. The average Bonchev–Trinajstić information content (AvgIpc) is 2.91. The molecule has 0 aliphatic carbocycles. The first-order valence-electron chi connectivity index (χ1n) is 6.29. The van der Waals surface area contributed by atoms with E-state index in [-0.39, 0.29) is 11.5 Å². The van der Waals surface area contributed by atoms with Gasteiger partial charge in [0.05, 0.1) is 22.3 Å². The number of amides is 2. The molecule has 0 saturated heterocycles. The Balaban J connectivity index is 1.91. The summed E-state index contributed by atoms with van der Waals surface area (Å²) in [5.41, 5.74) is 7.76. The average molecular weight is 280 g/mol. The number of carbonyl (C=O) groups excluding carboxylic acids is 2. The zero-order valence-corrected chi connectivity index (χ0v) is 11.0. The number of H-pyrrole nitrogens is 1. The number of nitrogens with zero attached hydrogens (tertiary/aromatic N) is 1. The van der Waals surface area contributed by atoms with Crippen LogP contribution in [-0.2, 0) is 0 Å². The number of anilines is 1. The number of nitrogens with one attached hydrogen (secondary N) is 2. The molecule has 0 saturated carbocycles. The Kier molecular flexibility index (Phi) is 3.12. The van der Waals surface area contributed by atoms with Gasteiger partial charge in [0, 0.05) is 6.20 Å². The maximum absolute atomic E-state index is 12.2. The fourth-order valence-electron chi connectivity index (χ4n) is 2.08. The molecule has 3 rings (SSSR count). The van der Waals surface area contributed by atoms with E-state index in [2.05, 4.69) is 15.3 Å². The van der Waals surface area contributed by atoms with E-state index in [0.717, 1.165) is 5.52 Å². The molecule has 6 heteroatoms. The van der Waals surface area contributed by atoms with Gasteiger partial charge in [-0.3, -0.25) is 14.6 Å². The molecular weight excluding hydrogens is 268 g/mol. The summed E-state index contributed by atoms with van der Waals surface area (Å²) in [6.45, 7) is 0. The molecule has 1 aromatic carbocycles. The predicted octanol–water partition coefficient (Wildman–Crippen LogP) is 1.91. The van der Waals surface area contributed by atoms with Gasteiger partial charge in [-0.15, -0.1) is 0 Å². The Bertz CT molecular complexity index is 805. The number of rotatable bonds is 3. The van der Waals surface area contributed by atoms with E-state index in [4.69, 9.17) is 5.73 Å². The lowest BCUT2D eigenvalue weighted by Crippen LogP contribution is -2.18. The molecule has 0 bridgehead atoms. The van der Waals surface area contributed by atoms with Crippen molar-refractivity contribution in [1.82, 2.24) is 9.97 Å². The summed E-state index contributed by atoms with van der Waals surface area (Å²) < 4.78 is 0. The molecule has 4 N–H and O–H groups in total. The van der Waals surface area contributed by atoms with Crippen molar-refractivity contribution in [3.63, 3.8) is 0 Å². The van der Waals surface area contributed by atoms with Crippen LogP contribution in [0.2, 0.25) is 0 Å². The van der Waals surface area contributed by atoms with Gasteiger partial charge in [-0.05, 0) is 30.3 Å². The van der Waals surface area contributed by atoms with E-state index >= 15 is 0 Å². The molecule has 6 nitrogen and oxygen atoms in total. The Hall–Kier alpha value is -3.15. The summed E-state index contributed by atoms with van der Waals surface area (Å²) in [7, 11) is 0. The monoisotopic (exact) mass is 280 g/mol. The zero-order chi connectivity index (χ0) is 14.8. The van der Waals surface area contributed by atoms with Crippen molar-refractivity contribution in [3.05, 3.63) is 59.9 Å². The van der Waals surface area contributed by atoms with Crippen LogP contribution < -0.4 is 11.1 Å². The van der Waals surface area contributed by atoms with Crippen LogP contribution in [0.1, 0.15) is 20.8 Å². The third-order valence-electron chi connectivity index (χ3n) is 3.07. The number of aromatic amines is 1. The minimum atomic E-state index is -0.593. The number of aromatic nitrogens is 2. The van der Waals surface area contributed by atoms with Crippen LogP contribution >= 0.6 is 0 Å². The number of benzene rings is 1. The summed E-state index contributed by atoms with van der Waals surface area (Å²) in [4.78, 5) is 30.7. The molecule has 0 aliphatic rings. The number of carbonyl (C=O) groups is 2. The minimum Gasteiger partial charge on any atom is -0.366 e. The lowest BCUT2D eigenvalue weighted by molar-refractivity contribution is 0.100. The number of primary amides is 1. The molecule has 0 aliphatic heterocycles. The highest BCUT2D eigenvalue weighted by Gasteiger charge is 2.13. The van der Waals surface area contributed by atoms with E-state index in [1.165, 1.54) is 0 Å². The molecule has 2 aromatic heterocycles. The van der Waals surface area contributed by atoms with Crippen LogP contribution in [0.3, 0.4) is 0 Å². The van der Waals surface area contributed by atoms with Crippen molar-refractivity contribution >= 4 is 28.5 Å². The molecule has 2 amide bonds. The van der Waals surface area contributed by atoms with Crippen molar-refractivity contribution in [1.29, 1.82) is 0 Å². The highest BCUT2D eigenvalue weighted by atomic mass is 16.2. The highest BCUT2D eigenvalue weighted by Crippen LogP contribution is 2.17. The number of fused-ring (bicyclic) bond motifs is 1. The SMILES string of the molecule is NC(=O)c1ccccc1NC(=O)c1cc2ncccc2[nH]1. The second-order valence-electron chi connectivity index (χ2n) is 4.48. The third-order valence-corrected chi connectivity index (χ3v) is 3.07. The van der Waals surface area contributed by atoms with Gasteiger partial charge in [0.25, 0.3) is 11.8 Å². The Morgan fingerprint density at radius 1 is 1.14 bits per heavy atom. The fraction of sp³-hybridized carbons (Fsp3) is 0. The first-order chi connectivity index (χ1) is 10.1. The number of hydrogen-bond acceptors (Lipinski definition) is 3. The van der Waals surface area contributed by atoms with Crippen molar-refractivity contribution in [3.8, 4) is 0 Å². The second-order valence-corrected chi connectivity index (χ2v) is 4.48. The van der Waals surface area contributed by atoms with E-state index in [1.54, 1.807) is 42.6 Å². The van der Waals surface area contributed by atoms with Gasteiger partial charge in [-0.2, -0.15) is 0 Å². The number of para-hydroxylation sites is 1. The molecule has 104 valence electrons. The molecule has 0 atom stereocenters. The fourth-order valence-corrected chi connectivity index (χ4v) is 2.08. The molecule has 21 heavy (non-hydrogen) atoms. The first kappa shape index (κ1) is 12.9. The van der Waals surface area contributed by atoms with Gasteiger partial charge in [0.1, 0.15) is 5.69 Å². The van der Waals surface area contributed by atoms with Crippen LogP contribution in [0, 0.1) is 0 Å². The predicted molar refractivity (Wildman–Crippen MR) is 79.0 cm³/mol. The van der Waals surface area contributed by atoms with Crippen molar-refractivity contribution in [2.45, 2.75) is 0 Å². The van der Waals surface area contributed by atoms with Gasteiger partial charge in [-0.25, -0.2) is 0 Å². The molecule has 2 heterocycles. The molecule has 3 aromatic rings. The summed E-state index contributed by atoms with van der Waals surface area (Å²) in [6.07, 6.45) is 1.65. The maximum atomic E-state index is 12.2. The Labute approximate surface area is 120 Å². The lowest BCUT2D eigenvalue weighted by atomic mass is 10.1. The van der Waals surface area contributed by atoms with Gasteiger partial charge in [0.2, 0.25) is 0 Å². The smallest absolute Gasteiger partial charge is 0.272 e. The van der Waals surface area contributed by atoms with Crippen LogP contribution in [0.25, 0.3) is 11.0 Å². The molecule has 0 radical (unpaired) electrons. The van der Waals surface area contributed by atoms with Gasteiger partial charge in [0.15, 0.2) is 0 Å². The summed E-state index contributed by atoms with van der Waals surface area (Å²) in [5, 5.41) is 2.67. The van der Waals surface area contributed by atoms with E-state index in [0.29, 0.717) is 16.9 Å². The third kappa shape index (κ3) is 2.46. The van der Waals surface area contributed by atoms with Gasteiger partial charge in [-0.1, -0.05) is 12.1 Å². The van der Waals surface area contributed by atoms with Crippen molar-refractivity contribution in [2.24, 2.45) is 5.73 Å². The Morgan fingerprint density at radius 3 is 2.71 bits per heavy atom. The summed E-state index contributed by atoms with van der Waals surface area (Å²) >= 11 is 0. The normalized spacial score (nSPS) is 10.5. The minimum absolute atomic E-state index is 0.264. The first-order valence-corrected chi connectivity index (χ1v) is 6.29. The van der Waals surface area contributed by atoms with E-state index in [9.17, 15) is 9.59 Å². The molecule has 0 spiro atoms. The lowest BCUT2D eigenvalue weighted by Gasteiger charge is -2.07. The van der Waals surface area contributed by atoms with Gasteiger partial charge < -0.3 is 16.0 Å². The van der Waals surface area contributed by atoms with Crippen molar-refractivity contribution in [2.75, 3.05) is 5.32 Å². The van der Waals surface area contributed by atoms with E-state index in [1.807, 2.05) is 6.07 Å². The standard InChI is InChI=1S/C15H12N4O2/c16-14(20)9-4-1-2-5-10(9)19-15(21)13-8-12-11(18-13)6-3-7-17-12/h1-8,18H,(H2,16,20)(H,19,21). The summed E-state index contributed by atoms with van der Waals surface area (Å²) in [6, 6.07) is 11.8. The van der Waals surface area contributed by atoms with Crippen LogP contribution in [0.15, 0.2) is 48.7 Å². The molecule has 0 unspecified atom stereocenters. The molecular formula is C15H12N4O2. The number of pyridine rings is 1.